The molecule has 0 unspecified atom stereocenters. The van der Waals surface area contributed by atoms with Gasteiger partial charge in [-0.2, -0.15) is 5.10 Å². The number of rotatable bonds is 4. The Kier molecular flexibility index (Phi) is 3.26. The Morgan fingerprint density at radius 2 is 2.04 bits per heavy atom. The third-order valence-electron chi connectivity index (χ3n) is 4.31. The van der Waals surface area contributed by atoms with Crippen molar-refractivity contribution in [3.8, 4) is 0 Å². The van der Waals surface area contributed by atoms with Gasteiger partial charge in [-0.05, 0) is 49.4 Å². The first kappa shape index (κ1) is 14.4. The fourth-order valence-electron chi connectivity index (χ4n) is 2.93. The van der Waals surface area contributed by atoms with Gasteiger partial charge in [-0.1, -0.05) is 0 Å². The topological polar surface area (TPSA) is 81.1 Å². The summed E-state index contributed by atoms with van der Waals surface area (Å²) in [6, 6.07) is 5.14. The largest absolute Gasteiger partial charge is 0.294 e. The lowest BCUT2D eigenvalue weighted by Crippen LogP contribution is -2.16. The summed E-state index contributed by atoms with van der Waals surface area (Å²) in [6.45, 7) is 0. The maximum Gasteiger partial charge on any atom is 0.262 e. The highest BCUT2D eigenvalue weighted by Crippen LogP contribution is 2.34. The van der Waals surface area contributed by atoms with E-state index in [1.807, 2.05) is 0 Å². The number of Topliss-reactive ketones (excluding diaryl/α,β-unsaturated/α-hetero) is 1. The van der Waals surface area contributed by atoms with Crippen molar-refractivity contribution < 1.29 is 13.2 Å². The van der Waals surface area contributed by atoms with Crippen LogP contribution in [-0.4, -0.2) is 24.0 Å². The molecule has 120 valence electrons. The van der Waals surface area contributed by atoms with E-state index >= 15 is 0 Å². The van der Waals surface area contributed by atoms with E-state index in [2.05, 4.69) is 9.82 Å². The zero-order valence-corrected chi connectivity index (χ0v) is 13.3. The second kappa shape index (κ2) is 5.19. The van der Waals surface area contributed by atoms with E-state index in [9.17, 15) is 13.2 Å². The lowest BCUT2D eigenvalue weighted by molar-refractivity contribution is 0.0972. The third-order valence-corrected chi connectivity index (χ3v) is 5.69. The number of fused-ring (bicyclic) bond motifs is 1. The average molecular weight is 331 g/mol. The Balaban J connectivity index is 1.61. The third kappa shape index (κ3) is 2.76. The van der Waals surface area contributed by atoms with Gasteiger partial charge in [0, 0.05) is 18.2 Å². The minimum Gasteiger partial charge on any atom is -0.294 e. The number of nitrogens with zero attached hydrogens (tertiary/aromatic N) is 2. The SMILES string of the molecule is O=C1CCCc2cc(S(=O)(=O)Nc3cnn(C4CC4)c3)ccc21. The van der Waals surface area contributed by atoms with E-state index in [-0.39, 0.29) is 10.7 Å². The van der Waals surface area contributed by atoms with Crippen molar-refractivity contribution in [1.29, 1.82) is 0 Å². The molecule has 1 heterocycles. The highest BCUT2D eigenvalue weighted by Gasteiger charge is 2.25. The molecule has 7 heteroatoms. The monoisotopic (exact) mass is 331 g/mol. The van der Waals surface area contributed by atoms with E-state index in [0.29, 0.717) is 23.7 Å². The number of carbonyl (C=O) groups excluding carboxylic acids is 1. The maximum atomic E-state index is 12.5. The van der Waals surface area contributed by atoms with E-state index in [4.69, 9.17) is 0 Å². The van der Waals surface area contributed by atoms with Crippen molar-refractivity contribution in [3.63, 3.8) is 0 Å². The number of sulfonamides is 1. The van der Waals surface area contributed by atoms with Crippen LogP contribution in [0.5, 0.6) is 0 Å². The number of anilines is 1. The van der Waals surface area contributed by atoms with E-state index in [1.165, 1.54) is 12.3 Å². The van der Waals surface area contributed by atoms with Gasteiger partial charge < -0.3 is 0 Å². The Labute approximate surface area is 134 Å². The van der Waals surface area contributed by atoms with Gasteiger partial charge >= 0.3 is 0 Å². The standard InChI is InChI=1S/C16H17N3O3S/c20-16-3-1-2-11-8-14(6-7-15(11)16)23(21,22)18-12-9-17-19(10-12)13-4-5-13/h6-10,13,18H,1-5H2. The van der Waals surface area contributed by atoms with Crippen LogP contribution >= 0.6 is 0 Å². The molecule has 4 rings (SSSR count). The molecule has 0 saturated heterocycles. The summed E-state index contributed by atoms with van der Waals surface area (Å²) >= 11 is 0. The fourth-order valence-corrected chi connectivity index (χ4v) is 4.01. The number of carbonyl (C=O) groups is 1. The molecule has 1 fully saturated rings. The van der Waals surface area contributed by atoms with Crippen LogP contribution in [0, 0.1) is 0 Å². The summed E-state index contributed by atoms with van der Waals surface area (Å²) in [5.41, 5.74) is 1.93. The molecule has 0 radical (unpaired) electrons. The molecule has 1 N–H and O–H groups in total. The van der Waals surface area contributed by atoms with Crippen molar-refractivity contribution >= 4 is 21.5 Å². The number of hydrogen-bond donors (Lipinski definition) is 1. The van der Waals surface area contributed by atoms with Gasteiger partial charge in [0.1, 0.15) is 0 Å². The van der Waals surface area contributed by atoms with Crippen LogP contribution < -0.4 is 4.72 Å². The van der Waals surface area contributed by atoms with Crippen LogP contribution in [0.2, 0.25) is 0 Å². The second-order valence-electron chi connectivity index (χ2n) is 6.14. The predicted octanol–water partition coefficient (Wildman–Crippen LogP) is 2.54. The van der Waals surface area contributed by atoms with Crippen LogP contribution in [0.4, 0.5) is 5.69 Å². The zero-order valence-electron chi connectivity index (χ0n) is 12.5. The quantitative estimate of drug-likeness (QED) is 0.933. The Morgan fingerprint density at radius 1 is 1.22 bits per heavy atom. The van der Waals surface area contributed by atoms with Gasteiger partial charge in [-0.3, -0.25) is 14.2 Å². The summed E-state index contributed by atoms with van der Waals surface area (Å²) in [5.74, 6) is 0.0915. The molecule has 2 aliphatic carbocycles. The highest BCUT2D eigenvalue weighted by molar-refractivity contribution is 7.92. The van der Waals surface area contributed by atoms with Gasteiger partial charge in [-0.25, -0.2) is 8.42 Å². The first-order chi connectivity index (χ1) is 11.0. The molecule has 1 aromatic heterocycles. The molecule has 0 bridgehead atoms. The molecular weight excluding hydrogens is 314 g/mol. The molecule has 2 aromatic rings. The molecule has 23 heavy (non-hydrogen) atoms. The van der Waals surface area contributed by atoms with Crippen LogP contribution in [0.15, 0.2) is 35.5 Å². The normalized spacial score (nSPS) is 17.8. The number of hydrogen-bond acceptors (Lipinski definition) is 4. The summed E-state index contributed by atoms with van der Waals surface area (Å²) in [5, 5.41) is 4.18. The van der Waals surface area contributed by atoms with Gasteiger partial charge in [0.15, 0.2) is 5.78 Å². The van der Waals surface area contributed by atoms with Crippen molar-refractivity contribution in [2.45, 2.75) is 43.0 Å². The number of benzene rings is 1. The lowest BCUT2D eigenvalue weighted by Gasteiger charge is -2.15. The van der Waals surface area contributed by atoms with Crippen molar-refractivity contribution in [2.75, 3.05) is 4.72 Å². The zero-order chi connectivity index (χ0) is 16.0. The van der Waals surface area contributed by atoms with Crippen LogP contribution in [0.3, 0.4) is 0 Å². The first-order valence-electron chi connectivity index (χ1n) is 7.76. The fraction of sp³-hybridized carbons (Fsp3) is 0.375. The summed E-state index contributed by atoms with van der Waals surface area (Å²) in [7, 11) is -3.67. The predicted molar refractivity (Wildman–Crippen MR) is 85.0 cm³/mol. The van der Waals surface area contributed by atoms with Gasteiger partial charge in [0.25, 0.3) is 10.0 Å². The number of aromatic nitrogens is 2. The molecule has 1 saturated carbocycles. The molecule has 2 aliphatic rings. The summed E-state index contributed by atoms with van der Waals surface area (Å²) in [6.07, 6.45) is 7.48. The minimum atomic E-state index is -3.67. The second-order valence-corrected chi connectivity index (χ2v) is 7.82. The Hall–Kier alpha value is -2.15. The first-order valence-corrected chi connectivity index (χ1v) is 9.24. The molecule has 1 aromatic carbocycles. The summed E-state index contributed by atoms with van der Waals surface area (Å²) < 4.78 is 29.4. The molecule has 0 amide bonds. The van der Waals surface area contributed by atoms with Crippen LogP contribution in [-0.2, 0) is 16.4 Å². The molecule has 6 nitrogen and oxygen atoms in total. The molecule has 0 atom stereocenters. The van der Waals surface area contributed by atoms with Gasteiger partial charge in [0.05, 0.1) is 22.8 Å². The number of ketones is 1. The molecule has 0 aliphatic heterocycles. The van der Waals surface area contributed by atoms with E-state index < -0.39 is 10.0 Å². The van der Waals surface area contributed by atoms with Crippen molar-refractivity contribution in [1.82, 2.24) is 9.78 Å². The van der Waals surface area contributed by atoms with Crippen LogP contribution in [0.25, 0.3) is 0 Å². The van der Waals surface area contributed by atoms with Gasteiger partial charge in [-0.15, -0.1) is 0 Å². The highest BCUT2D eigenvalue weighted by atomic mass is 32.2. The average Bonchev–Trinajstić information content (AvgIpc) is 3.28. The van der Waals surface area contributed by atoms with E-state index in [1.54, 1.807) is 23.0 Å². The van der Waals surface area contributed by atoms with Gasteiger partial charge in [0.2, 0.25) is 0 Å². The minimum absolute atomic E-state index is 0.0915. The van der Waals surface area contributed by atoms with Crippen LogP contribution in [0.1, 0.15) is 47.6 Å². The number of aryl methyl sites for hydroxylation is 1. The maximum absolute atomic E-state index is 12.5. The van der Waals surface area contributed by atoms with Crippen molar-refractivity contribution in [3.05, 3.63) is 41.7 Å². The van der Waals surface area contributed by atoms with Crippen molar-refractivity contribution in [2.24, 2.45) is 0 Å². The van der Waals surface area contributed by atoms with E-state index in [0.717, 1.165) is 31.2 Å². The Bertz CT molecular complexity index is 882. The molecule has 0 spiro atoms. The Morgan fingerprint density at radius 3 is 2.83 bits per heavy atom. The summed E-state index contributed by atoms with van der Waals surface area (Å²) in [4.78, 5) is 12.0. The lowest BCUT2D eigenvalue weighted by atomic mass is 9.91. The number of nitrogens with one attached hydrogen (secondary N) is 1. The molecular formula is C16H17N3O3S. The smallest absolute Gasteiger partial charge is 0.262 e.